The maximum atomic E-state index is 12.0. The quantitative estimate of drug-likeness (QED) is 0.872. The molecule has 1 amide bonds. The van der Waals surface area contributed by atoms with Gasteiger partial charge < -0.3 is 5.32 Å². The number of hydrogen-bond acceptors (Lipinski definition) is 1. The fraction of sp³-hybridized carbons (Fsp3) is 0.188. The number of nitrogens with one attached hydrogen (secondary N) is 1. The summed E-state index contributed by atoms with van der Waals surface area (Å²) >= 11 is 0. The lowest BCUT2D eigenvalue weighted by Crippen LogP contribution is -2.26. The first-order chi connectivity index (χ1) is 8.68. The molecule has 0 aliphatic heterocycles. The van der Waals surface area contributed by atoms with Crippen LogP contribution in [0.15, 0.2) is 54.6 Å². The topological polar surface area (TPSA) is 29.1 Å². The van der Waals surface area contributed by atoms with E-state index in [0.29, 0.717) is 5.56 Å². The molecule has 2 rings (SSSR count). The molecule has 2 aromatic rings. The molecule has 1 N–H and O–H groups in total. The van der Waals surface area contributed by atoms with E-state index in [2.05, 4.69) is 18.3 Å². The van der Waals surface area contributed by atoms with E-state index in [4.69, 9.17) is 0 Å². The van der Waals surface area contributed by atoms with E-state index in [1.165, 1.54) is 5.56 Å². The highest BCUT2D eigenvalue weighted by Gasteiger charge is 2.12. The summed E-state index contributed by atoms with van der Waals surface area (Å²) in [5.74, 6) is -0.0358. The fourth-order valence-electron chi connectivity index (χ4n) is 2.02. The summed E-state index contributed by atoms with van der Waals surface area (Å²) in [5.41, 5.74) is 3.04. The third kappa shape index (κ3) is 2.77. The van der Waals surface area contributed by atoms with Gasteiger partial charge in [0.2, 0.25) is 0 Å². The third-order valence-electron chi connectivity index (χ3n) is 3.04. The van der Waals surface area contributed by atoms with Crippen LogP contribution in [0, 0.1) is 6.92 Å². The minimum atomic E-state index is -0.0358. The van der Waals surface area contributed by atoms with Crippen molar-refractivity contribution >= 4 is 5.91 Å². The van der Waals surface area contributed by atoms with Gasteiger partial charge in [0, 0.05) is 5.56 Å². The van der Waals surface area contributed by atoms with Crippen LogP contribution in [0.1, 0.15) is 34.5 Å². The molecule has 0 aliphatic carbocycles. The Labute approximate surface area is 108 Å². The molecule has 0 saturated heterocycles. The molecule has 2 aromatic carbocycles. The highest BCUT2D eigenvalue weighted by Crippen LogP contribution is 2.17. The summed E-state index contributed by atoms with van der Waals surface area (Å²) in [6.45, 7) is 4.06. The average molecular weight is 239 g/mol. The molecular formula is C16H17NO. The van der Waals surface area contributed by atoms with Crippen LogP contribution < -0.4 is 5.32 Å². The smallest absolute Gasteiger partial charge is 0.251 e. The molecule has 0 heterocycles. The molecule has 2 nitrogen and oxygen atoms in total. The van der Waals surface area contributed by atoms with Gasteiger partial charge >= 0.3 is 0 Å². The van der Waals surface area contributed by atoms with Crippen molar-refractivity contribution in [2.45, 2.75) is 19.9 Å². The van der Waals surface area contributed by atoms with E-state index in [1.54, 1.807) is 0 Å². The molecule has 1 atom stereocenters. The second-order valence-corrected chi connectivity index (χ2v) is 4.42. The van der Waals surface area contributed by atoms with Crippen LogP contribution in [-0.4, -0.2) is 5.91 Å². The number of carbonyl (C=O) groups excluding carboxylic acids is 1. The molecule has 0 radical (unpaired) electrons. The standard InChI is InChI=1S/C16H17NO/c1-12-8-6-7-11-15(12)13(2)17-16(18)14-9-4-3-5-10-14/h3-11,13H,1-2H3,(H,17,18)/t13-/m0/s1. The van der Waals surface area contributed by atoms with Gasteiger partial charge in [-0.3, -0.25) is 4.79 Å². The molecule has 0 fully saturated rings. The molecule has 0 aromatic heterocycles. The molecule has 0 aliphatic rings. The summed E-state index contributed by atoms with van der Waals surface area (Å²) in [7, 11) is 0. The summed E-state index contributed by atoms with van der Waals surface area (Å²) in [4.78, 5) is 12.0. The molecular weight excluding hydrogens is 222 g/mol. The van der Waals surface area contributed by atoms with Gasteiger partial charge in [0.05, 0.1) is 6.04 Å². The molecule has 2 heteroatoms. The number of rotatable bonds is 3. The Bertz CT molecular complexity index is 534. The number of hydrogen-bond donors (Lipinski definition) is 1. The highest BCUT2D eigenvalue weighted by atomic mass is 16.1. The maximum Gasteiger partial charge on any atom is 0.251 e. The van der Waals surface area contributed by atoms with E-state index in [1.807, 2.05) is 55.5 Å². The molecule has 0 bridgehead atoms. The van der Waals surface area contributed by atoms with E-state index in [0.717, 1.165) is 5.56 Å². The van der Waals surface area contributed by atoms with E-state index >= 15 is 0 Å². The van der Waals surface area contributed by atoms with Gasteiger partial charge in [0.25, 0.3) is 5.91 Å². The Morgan fingerprint density at radius 3 is 2.28 bits per heavy atom. The van der Waals surface area contributed by atoms with Crippen molar-refractivity contribution in [3.63, 3.8) is 0 Å². The van der Waals surface area contributed by atoms with Gasteiger partial charge in [0.1, 0.15) is 0 Å². The lowest BCUT2D eigenvalue weighted by Gasteiger charge is -2.16. The van der Waals surface area contributed by atoms with Gasteiger partial charge in [-0.2, -0.15) is 0 Å². The molecule has 0 unspecified atom stereocenters. The lowest BCUT2D eigenvalue weighted by atomic mass is 10.0. The van der Waals surface area contributed by atoms with Gasteiger partial charge in [0.15, 0.2) is 0 Å². The third-order valence-corrected chi connectivity index (χ3v) is 3.04. The van der Waals surface area contributed by atoms with E-state index in [9.17, 15) is 4.79 Å². The van der Waals surface area contributed by atoms with Gasteiger partial charge in [-0.15, -0.1) is 0 Å². The van der Waals surface area contributed by atoms with Crippen molar-refractivity contribution in [3.8, 4) is 0 Å². The number of carbonyl (C=O) groups is 1. The monoisotopic (exact) mass is 239 g/mol. The predicted molar refractivity (Wildman–Crippen MR) is 73.5 cm³/mol. The van der Waals surface area contributed by atoms with Crippen LogP contribution in [0.4, 0.5) is 0 Å². The second kappa shape index (κ2) is 5.50. The van der Waals surface area contributed by atoms with Crippen molar-refractivity contribution in [2.75, 3.05) is 0 Å². The summed E-state index contributed by atoms with van der Waals surface area (Å²) < 4.78 is 0. The van der Waals surface area contributed by atoms with Crippen LogP contribution in [0.2, 0.25) is 0 Å². The van der Waals surface area contributed by atoms with Crippen LogP contribution in [0.3, 0.4) is 0 Å². The minimum Gasteiger partial charge on any atom is -0.346 e. The normalized spacial score (nSPS) is 11.9. The van der Waals surface area contributed by atoms with Crippen LogP contribution in [0.25, 0.3) is 0 Å². The van der Waals surface area contributed by atoms with Crippen molar-refractivity contribution in [3.05, 3.63) is 71.3 Å². The maximum absolute atomic E-state index is 12.0. The Morgan fingerprint density at radius 2 is 1.61 bits per heavy atom. The summed E-state index contributed by atoms with van der Waals surface area (Å²) in [6.07, 6.45) is 0. The van der Waals surface area contributed by atoms with Crippen LogP contribution in [-0.2, 0) is 0 Å². The molecule has 0 spiro atoms. The van der Waals surface area contributed by atoms with Gasteiger partial charge in [-0.1, -0.05) is 42.5 Å². The molecule has 0 saturated carbocycles. The zero-order valence-electron chi connectivity index (χ0n) is 10.7. The average Bonchev–Trinajstić information content (AvgIpc) is 2.40. The largest absolute Gasteiger partial charge is 0.346 e. The Morgan fingerprint density at radius 1 is 1.00 bits per heavy atom. The van der Waals surface area contributed by atoms with Crippen molar-refractivity contribution in [1.29, 1.82) is 0 Å². The van der Waals surface area contributed by atoms with E-state index in [-0.39, 0.29) is 11.9 Å². The zero-order valence-corrected chi connectivity index (χ0v) is 10.7. The summed E-state index contributed by atoms with van der Waals surface area (Å²) in [5, 5.41) is 3.01. The molecule has 92 valence electrons. The highest BCUT2D eigenvalue weighted by molar-refractivity contribution is 5.94. The van der Waals surface area contributed by atoms with Crippen LogP contribution >= 0.6 is 0 Å². The Kier molecular flexibility index (Phi) is 3.78. The first kappa shape index (κ1) is 12.4. The summed E-state index contributed by atoms with van der Waals surface area (Å²) in [6, 6.07) is 17.4. The van der Waals surface area contributed by atoms with Crippen molar-refractivity contribution in [1.82, 2.24) is 5.32 Å². The van der Waals surface area contributed by atoms with Crippen LogP contribution in [0.5, 0.6) is 0 Å². The van der Waals surface area contributed by atoms with Gasteiger partial charge in [-0.25, -0.2) is 0 Å². The predicted octanol–water partition coefficient (Wildman–Crippen LogP) is 3.49. The Hall–Kier alpha value is -2.09. The fourth-order valence-corrected chi connectivity index (χ4v) is 2.02. The zero-order chi connectivity index (χ0) is 13.0. The minimum absolute atomic E-state index is 0.0129. The Balaban J connectivity index is 2.11. The number of benzene rings is 2. The van der Waals surface area contributed by atoms with Gasteiger partial charge in [-0.05, 0) is 37.1 Å². The second-order valence-electron chi connectivity index (χ2n) is 4.42. The van der Waals surface area contributed by atoms with Crippen molar-refractivity contribution in [2.24, 2.45) is 0 Å². The number of amides is 1. The first-order valence-corrected chi connectivity index (χ1v) is 6.10. The SMILES string of the molecule is Cc1ccccc1[C@H](C)NC(=O)c1ccccc1. The first-order valence-electron chi connectivity index (χ1n) is 6.10. The lowest BCUT2D eigenvalue weighted by molar-refractivity contribution is 0.0940. The van der Waals surface area contributed by atoms with E-state index < -0.39 is 0 Å². The number of aryl methyl sites for hydroxylation is 1. The van der Waals surface area contributed by atoms with Crippen molar-refractivity contribution < 1.29 is 4.79 Å². The molecule has 18 heavy (non-hydrogen) atoms.